The van der Waals surface area contributed by atoms with E-state index in [1.807, 2.05) is 13.8 Å². The zero-order valence-corrected chi connectivity index (χ0v) is 9.42. The summed E-state index contributed by atoms with van der Waals surface area (Å²) in [4.78, 5) is 11.6. The van der Waals surface area contributed by atoms with E-state index >= 15 is 0 Å². The molecule has 0 saturated heterocycles. The van der Waals surface area contributed by atoms with Gasteiger partial charge in [-0.2, -0.15) is 0 Å². The first-order valence-electron chi connectivity index (χ1n) is 5.56. The monoisotopic (exact) mass is 198 g/mol. The molecule has 1 rings (SSSR count). The fourth-order valence-electron chi connectivity index (χ4n) is 1.55. The van der Waals surface area contributed by atoms with E-state index in [9.17, 15) is 4.79 Å². The van der Waals surface area contributed by atoms with Crippen LogP contribution in [-0.2, 0) is 4.79 Å². The van der Waals surface area contributed by atoms with Crippen molar-refractivity contribution in [2.45, 2.75) is 52.1 Å². The number of hydrogen-bond donors (Lipinski definition) is 2. The minimum absolute atomic E-state index is 0.00634. The van der Waals surface area contributed by atoms with Crippen LogP contribution in [0.25, 0.3) is 0 Å². The van der Waals surface area contributed by atoms with Crippen LogP contribution in [0.2, 0.25) is 0 Å². The van der Waals surface area contributed by atoms with Gasteiger partial charge in [-0.3, -0.25) is 4.79 Å². The zero-order chi connectivity index (χ0) is 10.7. The number of carbonyl (C=O) groups excluding carboxylic acids is 1. The van der Waals surface area contributed by atoms with E-state index < -0.39 is 0 Å². The lowest BCUT2D eigenvalue weighted by Gasteiger charge is -2.19. The third-order valence-electron chi connectivity index (χ3n) is 2.79. The molecule has 0 bridgehead atoms. The predicted molar refractivity (Wildman–Crippen MR) is 57.8 cm³/mol. The molecule has 1 fully saturated rings. The average Bonchev–Trinajstić information content (AvgIpc) is 2.86. The van der Waals surface area contributed by atoms with E-state index in [1.165, 1.54) is 12.8 Å². The molecule has 0 radical (unpaired) electrons. The molecule has 0 spiro atoms. The predicted octanol–water partition coefficient (Wildman–Crippen LogP) is 1.27. The second-order valence-corrected chi connectivity index (χ2v) is 4.86. The van der Waals surface area contributed by atoms with Crippen LogP contribution in [0.5, 0.6) is 0 Å². The van der Waals surface area contributed by atoms with Gasteiger partial charge in [0.15, 0.2) is 0 Å². The summed E-state index contributed by atoms with van der Waals surface area (Å²) in [5, 5.41) is 2.97. The van der Waals surface area contributed by atoms with Crippen LogP contribution in [0.4, 0.5) is 0 Å². The van der Waals surface area contributed by atoms with Gasteiger partial charge in [-0.25, -0.2) is 0 Å². The van der Waals surface area contributed by atoms with Gasteiger partial charge in [-0.05, 0) is 25.2 Å². The van der Waals surface area contributed by atoms with Gasteiger partial charge in [0.1, 0.15) is 0 Å². The second kappa shape index (κ2) is 4.78. The highest BCUT2D eigenvalue weighted by atomic mass is 16.2. The third-order valence-corrected chi connectivity index (χ3v) is 2.79. The Balaban J connectivity index is 2.23. The molecule has 14 heavy (non-hydrogen) atoms. The highest BCUT2D eigenvalue weighted by Crippen LogP contribution is 2.33. The average molecular weight is 198 g/mol. The highest BCUT2D eigenvalue weighted by Gasteiger charge is 2.25. The van der Waals surface area contributed by atoms with Gasteiger partial charge in [-0.15, -0.1) is 0 Å². The van der Waals surface area contributed by atoms with Crippen molar-refractivity contribution in [2.24, 2.45) is 17.6 Å². The molecule has 0 aromatic rings. The maximum absolute atomic E-state index is 11.6. The molecule has 1 unspecified atom stereocenters. The molecule has 3 nitrogen and oxygen atoms in total. The van der Waals surface area contributed by atoms with Gasteiger partial charge in [0, 0.05) is 6.04 Å². The number of hydrogen-bond acceptors (Lipinski definition) is 2. The van der Waals surface area contributed by atoms with Crippen molar-refractivity contribution in [1.82, 2.24) is 5.32 Å². The minimum Gasteiger partial charge on any atom is -0.352 e. The molecular weight excluding hydrogens is 176 g/mol. The molecule has 1 amide bonds. The lowest BCUT2D eigenvalue weighted by molar-refractivity contribution is -0.123. The Morgan fingerprint density at radius 1 is 1.43 bits per heavy atom. The molecule has 0 aromatic heterocycles. The van der Waals surface area contributed by atoms with Crippen molar-refractivity contribution in [3.05, 3.63) is 0 Å². The van der Waals surface area contributed by atoms with Crippen LogP contribution in [0, 0.1) is 11.8 Å². The molecule has 0 aliphatic heterocycles. The van der Waals surface area contributed by atoms with E-state index in [-0.39, 0.29) is 23.9 Å². The summed E-state index contributed by atoms with van der Waals surface area (Å²) in [6, 6.07) is -0.0866. The van der Waals surface area contributed by atoms with Crippen LogP contribution in [-0.4, -0.2) is 18.0 Å². The van der Waals surface area contributed by atoms with Gasteiger partial charge in [0.2, 0.25) is 5.91 Å². The summed E-state index contributed by atoms with van der Waals surface area (Å²) in [6.07, 6.45) is 3.77. The summed E-state index contributed by atoms with van der Waals surface area (Å²) >= 11 is 0. The quantitative estimate of drug-likeness (QED) is 0.699. The lowest BCUT2D eigenvalue weighted by atomic mass is 10.0. The maximum Gasteiger partial charge on any atom is 0.237 e. The highest BCUT2D eigenvalue weighted by molar-refractivity contribution is 5.81. The standard InChI is InChI=1S/C11H22N2O/c1-7(2)10(12)11(14)13-8(3)6-9-4-5-9/h7-10H,4-6,12H2,1-3H3,(H,13,14)/t8?,10-/m0/s1. The van der Waals surface area contributed by atoms with E-state index in [4.69, 9.17) is 5.73 Å². The third kappa shape index (κ3) is 3.66. The molecule has 2 atom stereocenters. The fraction of sp³-hybridized carbons (Fsp3) is 0.909. The van der Waals surface area contributed by atoms with Gasteiger partial charge in [0.25, 0.3) is 0 Å². The first-order chi connectivity index (χ1) is 6.50. The Morgan fingerprint density at radius 3 is 2.43 bits per heavy atom. The smallest absolute Gasteiger partial charge is 0.237 e. The fourth-order valence-corrected chi connectivity index (χ4v) is 1.55. The largest absolute Gasteiger partial charge is 0.352 e. The molecule has 0 heterocycles. The Kier molecular flexibility index (Phi) is 3.93. The van der Waals surface area contributed by atoms with Crippen molar-refractivity contribution in [2.75, 3.05) is 0 Å². The molecule has 82 valence electrons. The summed E-state index contributed by atoms with van der Waals surface area (Å²) in [5.41, 5.74) is 5.74. The van der Waals surface area contributed by atoms with E-state index in [2.05, 4.69) is 12.2 Å². The molecule has 1 aliphatic rings. The lowest BCUT2D eigenvalue weighted by Crippen LogP contribution is -2.47. The zero-order valence-electron chi connectivity index (χ0n) is 9.42. The van der Waals surface area contributed by atoms with Crippen LogP contribution in [0.15, 0.2) is 0 Å². The molecule has 1 saturated carbocycles. The number of nitrogens with one attached hydrogen (secondary N) is 1. The maximum atomic E-state index is 11.6. The summed E-state index contributed by atoms with van der Waals surface area (Å²) in [7, 11) is 0. The summed E-state index contributed by atoms with van der Waals surface area (Å²) < 4.78 is 0. The Morgan fingerprint density at radius 2 is 2.00 bits per heavy atom. The minimum atomic E-state index is -0.364. The first-order valence-corrected chi connectivity index (χ1v) is 5.56. The van der Waals surface area contributed by atoms with E-state index in [0.29, 0.717) is 0 Å². The van der Waals surface area contributed by atoms with Crippen molar-refractivity contribution in [3.63, 3.8) is 0 Å². The second-order valence-electron chi connectivity index (χ2n) is 4.86. The van der Waals surface area contributed by atoms with Crippen molar-refractivity contribution in [3.8, 4) is 0 Å². The SMILES string of the molecule is CC(CC1CC1)NC(=O)[C@@H](N)C(C)C. The van der Waals surface area contributed by atoms with Gasteiger partial charge in [-0.1, -0.05) is 26.7 Å². The van der Waals surface area contributed by atoms with Gasteiger partial charge in [0.05, 0.1) is 6.04 Å². The molecule has 3 heteroatoms. The van der Waals surface area contributed by atoms with Gasteiger partial charge < -0.3 is 11.1 Å². The Hall–Kier alpha value is -0.570. The van der Waals surface area contributed by atoms with Gasteiger partial charge >= 0.3 is 0 Å². The van der Waals surface area contributed by atoms with E-state index in [0.717, 1.165) is 12.3 Å². The molecule has 1 aliphatic carbocycles. The topological polar surface area (TPSA) is 55.1 Å². The van der Waals surface area contributed by atoms with Crippen LogP contribution < -0.4 is 11.1 Å². The summed E-state index contributed by atoms with van der Waals surface area (Å²) in [5.74, 6) is 1.05. The molecule has 3 N–H and O–H groups in total. The Bertz CT molecular complexity index is 199. The number of rotatable bonds is 5. The molecular formula is C11H22N2O. The first kappa shape index (κ1) is 11.5. The number of carbonyl (C=O) groups is 1. The summed E-state index contributed by atoms with van der Waals surface area (Å²) in [6.45, 7) is 5.99. The molecule has 0 aromatic carbocycles. The number of amides is 1. The van der Waals surface area contributed by atoms with Crippen molar-refractivity contribution < 1.29 is 4.79 Å². The van der Waals surface area contributed by atoms with Crippen molar-refractivity contribution >= 4 is 5.91 Å². The van der Waals surface area contributed by atoms with Crippen molar-refractivity contribution in [1.29, 1.82) is 0 Å². The number of nitrogens with two attached hydrogens (primary N) is 1. The Labute approximate surface area is 86.4 Å². The van der Waals surface area contributed by atoms with Crippen LogP contribution in [0.1, 0.15) is 40.0 Å². The van der Waals surface area contributed by atoms with E-state index in [1.54, 1.807) is 0 Å². The normalized spacial score (nSPS) is 20.6. The van der Waals surface area contributed by atoms with Crippen LogP contribution >= 0.6 is 0 Å². The van der Waals surface area contributed by atoms with Crippen LogP contribution in [0.3, 0.4) is 0 Å².